The van der Waals surface area contributed by atoms with Gasteiger partial charge < -0.3 is 14.8 Å². The predicted octanol–water partition coefficient (Wildman–Crippen LogP) is 5.89. The lowest BCUT2D eigenvalue weighted by Gasteiger charge is -2.11. The van der Waals surface area contributed by atoms with Crippen LogP contribution in [0.5, 0.6) is 11.5 Å². The molecule has 33 heavy (non-hydrogen) atoms. The maximum Gasteiger partial charge on any atom is 0.271 e. The molecule has 8 heteroatoms. The number of carbonyl (C=O) groups excluding carboxylic acids is 1. The fraction of sp³-hybridized carbons (Fsp3) is 0.360. The molecule has 8 nitrogen and oxygen atoms in total. The van der Waals surface area contributed by atoms with E-state index < -0.39 is 10.8 Å². The Morgan fingerprint density at radius 1 is 1.12 bits per heavy atom. The van der Waals surface area contributed by atoms with Gasteiger partial charge in [0.25, 0.3) is 11.6 Å². The highest BCUT2D eigenvalue weighted by Gasteiger charge is 2.13. The highest BCUT2D eigenvalue weighted by atomic mass is 16.6. The molecule has 1 N–H and O–H groups in total. The van der Waals surface area contributed by atoms with Gasteiger partial charge in [-0.05, 0) is 36.3 Å². The van der Waals surface area contributed by atoms with Crippen LogP contribution in [0.25, 0.3) is 6.08 Å². The molecule has 0 heterocycles. The maximum absolute atomic E-state index is 12.5. The second-order valence-electron chi connectivity index (χ2n) is 7.46. The number of nitro benzene ring substituents is 1. The summed E-state index contributed by atoms with van der Waals surface area (Å²) in [6.45, 7) is 2.78. The number of methoxy groups -OCH3 is 1. The second kappa shape index (κ2) is 13.5. The number of ether oxygens (including phenoxy) is 2. The summed E-state index contributed by atoms with van der Waals surface area (Å²) in [5.74, 6) is 0.439. The van der Waals surface area contributed by atoms with Crippen molar-refractivity contribution >= 4 is 23.4 Å². The van der Waals surface area contributed by atoms with E-state index >= 15 is 0 Å². The summed E-state index contributed by atoms with van der Waals surface area (Å²) in [6, 6.07) is 12.5. The van der Waals surface area contributed by atoms with E-state index in [2.05, 4.69) is 12.2 Å². The molecule has 1 amide bonds. The van der Waals surface area contributed by atoms with Crippen LogP contribution in [0.3, 0.4) is 0 Å². The van der Waals surface area contributed by atoms with E-state index in [4.69, 9.17) is 9.47 Å². The zero-order chi connectivity index (χ0) is 24.1. The van der Waals surface area contributed by atoms with Gasteiger partial charge in [-0.3, -0.25) is 14.9 Å². The first-order chi connectivity index (χ1) is 16.0. The van der Waals surface area contributed by atoms with Crippen molar-refractivity contribution in [3.63, 3.8) is 0 Å². The molecule has 0 unspecified atom stereocenters. The van der Waals surface area contributed by atoms with Gasteiger partial charge in [0.15, 0.2) is 11.5 Å². The monoisotopic (exact) mass is 451 g/mol. The van der Waals surface area contributed by atoms with Gasteiger partial charge in [-0.25, -0.2) is 0 Å². The van der Waals surface area contributed by atoms with Crippen molar-refractivity contribution in [2.24, 2.45) is 0 Å². The number of unbranched alkanes of at least 4 members (excludes halogenated alkanes) is 5. The van der Waals surface area contributed by atoms with Crippen molar-refractivity contribution in [1.29, 1.82) is 5.26 Å². The Hall–Kier alpha value is -3.86. The fourth-order valence-corrected chi connectivity index (χ4v) is 3.17. The van der Waals surface area contributed by atoms with E-state index in [0.29, 0.717) is 23.7 Å². The summed E-state index contributed by atoms with van der Waals surface area (Å²) < 4.78 is 11.2. The van der Waals surface area contributed by atoms with E-state index in [1.165, 1.54) is 63.1 Å². The molecule has 0 spiro atoms. The lowest BCUT2D eigenvalue weighted by Crippen LogP contribution is -2.13. The van der Waals surface area contributed by atoms with Crippen molar-refractivity contribution in [2.75, 3.05) is 19.0 Å². The van der Waals surface area contributed by atoms with Crippen molar-refractivity contribution in [1.82, 2.24) is 0 Å². The molecule has 0 saturated carbocycles. The van der Waals surface area contributed by atoms with Gasteiger partial charge in [-0.2, -0.15) is 5.26 Å². The third kappa shape index (κ3) is 8.30. The molecular weight excluding hydrogens is 422 g/mol. The summed E-state index contributed by atoms with van der Waals surface area (Å²) in [5.41, 5.74) is 0.511. The minimum Gasteiger partial charge on any atom is -0.493 e. The Bertz CT molecular complexity index is 1030. The van der Waals surface area contributed by atoms with E-state index in [9.17, 15) is 20.2 Å². The number of amides is 1. The maximum atomic E-state index is 12.5. The number of nitrogens with zero attached hydrogens (tertiary/aromatic N) is 2. The first-order valence-electron chi connectivity index (χ1n) is 11.0. The van der Waals surface area contributed by atoms with E-state index in [1.54, 1.807) is 18.2 Å². The van der Waals surface area contributed by atoms with E-state index in [0.717, 1.165) is 12.8 Å². The number of carbonyl (C=O) groups is 1. The largest absolute Gasteiger partial charge is 0.493 e. The Labute approximate surface area is 194 Å². The highest BCUT2D eigenvalue weighted by molar-refractivity contribution is 6.09. The number of hydrogen-bond acceptors (Lipinski definition) is 6. The fourth-order valence-electron chi connectivity index (χ4n) is 3.17. The molecule has 0 saturated heterocycles. The lowest BCUT2D eigenvalue weighted by molar-refractivity contribution is -0.384. The average molecular weight is 452 g/mol. The molecule has 0 bridgehead atoms. The molecule has 0 aromatic heterocycles. The SMILES string of the molecule is CCCCCCCCOc1ccc(/C=C(/C#N)C(=O)Nc2cccc([N+](=O)[O-])c2)cc1OC. The van der Waals surface area contributed by atoms with Crippen molar-refractivity contribution < 1.29 is 19.2 Å². The Morgan fingerprint density at radius 2 is 1.88 bits per heavy atom. The number of nitro groups is 1. The predicted molar refractivity (Wildman–Crippen MR) is 127 cm³/mol. The highest BCUT2D eigenvalue weighted by Crippen LogP contribution is 2.29. The van der Waals surface area contributed by atoms with Crippen LogP contribution in [-0.4, -0.2) is 24.5 Å². The van der Waals surface area contributed by atoms with Crippen LogP contribution in [0.1, 0.15) is 51.0 Å². The topological polar surface area (TPSA) is 114 Å². The van der Waals surface area contributed by atoms with Gasteiger partial charge in [0.2, 0.25) is 0 Å². The first-order valence-corrected chi connectivity index (χ1v) is 11.0. The zero-order valence-corrected chi connectivity index (χ0v) is 19.0. The van der Waals surface area contributed by atoms with E-state index in [1.807, 2.05) is 6.07 Å². The molecular formula is C25H29N3O5. The minimum absolute atomic E-state index is 0.149. The normalized spacial score (nSPS) is 10.9. The number of non-ortho nitro benzene ring substituents is 1. The van der Waals surface area contributed by atoms with Crippen molar-refractivity contribution in [2.45, 2.75) is 45.4 Å². The molecule has 174 valence electrons. The van der Waals surface area contributed by atoms with Gasteiger partial charge in [0, 0.05) is 17.8 Å². The zero-order valence-electron chi connectivity index (χ0n) is 19.0. The van der Waals surface area contributed by atoms with Gasteiger partial charge in [-0.15, -0.1) is 0 Å². The van der Waals surface area contributed by atoms with Crippen molar-refractivity contribution in [3.8, 4) is 17.6 Å². The van der Waals surface area contributed by atoms with Gasteiger partial charge >= 0.3 is 0 Å². The second-order valence-corrected chi connectivity index (χ2v) is 7.46. The van der Waals surface area contributed by atoms with E-state index in [-0.39, 0.29) is 16.9 Å². The molecule has 0 radical (unpaired) electrons. The molecule has 2 rings (SSSR count). The molecule has 0 aliphatic carbocycles. The molecule has 0 atom stereocenters. The van der Waals surface area contributed by atoms with Gasteiger partial charge in [0.1, 0.15) is 11.6 Å². The van der Waals surface area contributed by atoms with Gasteiger partial charge in [0.05, 0.1) is 18.6 Å². The molecule has 2 aromatic rings. The smallest absolute Gasteiger partial charge is 0.271 e. The van der Waals surface area contributed by atoms with Crippen LogP contribution >= 0.6 is 0 Å². The number of benzene rings is 2. The van der Waals surface area contributed by atoms with Crippen LogP contribution in [0.15, 0.2) is 48.0 Å². The molecule has 2 aromatic carbocycles. The summed E-state index contributed by atoms with van der Waals surface area (Å²) in [6.07, 6.45) is 8.44. The standard InChI is InChI=1S/C25H29N3O5/c1-3-4-5-6-7-8-14-33-23-13-12-19(16-24(23)32-2)15-20(18-26)25(29)27-21-10-9-11-22(17-21)28(30)31/h9-13,15-17H,3-8,14H2,1-2H3,(H,27,29)/b20-15-. The van der Waals surface area contributed by atoms with Crippen LogP contribution in [0.4, 0.5) is 11.4 Å². The van der Waals surface area contributed by atoms with Crippen LogP contribution in [0.2, 0.25) is 0 Å². The number of nitrogens with one attached hydrogen (secondary N) is 1. The number of nitriles is 1. The lowest BCUT2D eigenvalue weighted by atomic mass is 10.1. The Morgan fingerprint density at radius 3 is 2.58 bits per heavy atom. The van der Waals surface area contributed by atoms with Crippen molar-refractivity contribution in [3.05, 3.63) is 63.7 Å². The average Bonchev–Trinajstić information content (AvgIpc) is 2.82. The number of rotatable bonds is 13. The quantitative estimate of drug-likeness (QED) is 0.134. The number of hydrogen-bond donors (Lipinski definition) is 1. The molecule has 0 fully saturated rings. The summed E-state index contributed by atoms with van der Waals surface area (Å²) >= 11 is 0. The van der Waals surface area contributed by atoms with Crippen LogP contribution in [0, 0.1) is 21.4 Å². The third-order valence-corrected chi connectivity index (χ3v) is 4.93. The van der Waals surface area contributed by atoms with Crippen LogP contribution in [-0.2, 0) is 4.79 Å². The number of anilines is 1. The summed E-state index contributed by atoms with van der Waals surface area (Å²) in [5, 5.41) is 22.8. The first kappa shape index (κ1) is 25.4. The summed E-state index contributed by atoms with van der Waals surface area (Å²) in [7, 11) is 1.53. The molecule has 0 aliphatic heterocycles. The third-order valence-electron chi connectivity index (χ3n) is 4.93. The molecule has 0 aliphatic rings. The summed E-state index contributed by atoms with van der Waals surface area (Å²) in [4.78, 5) is 22.8. The van der Waals surface area contributed by atoms with Gasteiger partial charge in [-0.1, -0.05) is 51.2 Å². The minimum atomic E-state index is -0.666. The Kier molecular flexibility index (Phi) is 10.4. The van der Waals surface area contributed by atoms with Crippen LogP contribution < -0.4 is 14.8 Å². The Balaban J connectivity index is 2.03.